The van der Waals surface area contributed by atoms with Crippen LogP contribution in [0.1, 0.15) is 33.1 Å². The first kappa shape index (κ1) is 18.1. The van der Waals surface area contributed by atoms with Crippen molar-refractivity contribution in [2.75, 3.05) is 5.32 Å². The smallest absolute Gasteiger partial charge is 0.275 e. The van der Waals surface area contributed by atoms with Crippen LogP contribution in [0.3, 0.4) is 0 Å². The minimum Gasteiger partial charge on any atom is -0.317 e. The molecule has 3 aromatic rings. The third-order valence-corrected chi connectivity index (χ3v) is 4.71. The second-order valence-corrected chi connectivity index (χ2v) is 6.50. The van der Waals surface area contributed by atoms with E-state index in [2.05, 4.69) is 15.5 Å². The van der Waals surface area contributed by atoms with E-state index in [1.807, 2.05) is 6.92 Å². The predicted molar refractivity (Wildman–Crippen MR) is 98.1 cm³/mol. The van der Waals surface area contributed by atoms with Gasteiger partial charge in [0.25, 0.3) is 5.91 Å². The van der Waals surface area contributed by atoms with Gasteiger partial charge in [-0.25, -0.2) is 4.39 Å². The van der Waals surface area contributed by atoms with Gasteiger partial charge in [-0.1, -0.05) is 29.8 Å². The zero-order valence-corrected chi connectivity index (χ0v) is 15.7. The molecule has 0 bridgehead atoms. The van der Waals surface area contributed by atoms with Gasteiger partial charge in [0.2, 0.25) is 0 Å². The number of anilines is 1. The van der Waals surface area contributed by atoms with E-state index < -0.39 is 0 Å². The Hall–Kier alpha value is -2.67. The largest absolute Gasteiger partial charge is 0.317 e. The zero-order chi connectivity index (χ0) is 19.0. The number of carbonyl (C=O) groups excluding carboxylic acids is 1. The van der Waals surface area contributed by atoms with Gasteiger partial charge in [-0.3, -0.25) is 14.2 Å². The number of hydrogen-bond donors (Lipinski definition) is 1. The summed E-state index contributed by atoms with van der Waals surface area (Å²) in [5.74, 6) is -0.655. The van der Waals surface area contributed by atoms with Crippen molar-refractivity contribution in [3.05, 3.63) is 63.4 Å². The fraction of sp³-hybridized carbons (Fsp3) is 0.278. The molecule has 0 aliphatic heterocycles. The molecular formula is C18H19ClFN5O. The van der Waals surface area contributed by atoms with Crippen LogP contribution in [0.5, 0.6) is 0 Å². The van der Waals surface area contributed by atoms with Crippen molar-refractivity contribution in [1.29, 1.82) is 0 Å². The molecule has 0 saturated heterocycles. The number of carbonyl (C=O) groups is 1. The third-order valence-electron chi connectivity index (χ3n) is 4.26. The molecule has 1 aromatic carbocycles. The zero-order valence-electron chi connectivity index (χ0n) is 15.0. The van der Waals surface area contributed by atoms with Gasteiger partial charge in [0.15, 0.2) is 0 Å². The first-order chi connectivity index (χ1) is 12.3. The van der Waals surface area contributed by atoms with E-state index in [0.29, 0.717) is 27.7 Å². The molecule has 0 radical (unpaired) electrons. The quantitative estimate of drug-likeness (QED) is 0.757. The lowest BCUT2D eigenvalue weighted by atomic mass is 10.2. The molecule has 26 heavy (non-hydrogen) atoms. The molecule has 1 amide bonds. The molecule has 0 unspecified atom stereocenters. The summed E-state index contributed by atoms with van der Waals surface area (Å²) < 4.78 is 17.0. The number of amides is 1. The average Bonchev–Trinajstić information content (AvgIpc) is 2.99. The van der Waals surface area contributed by atoms with Gasteiger partial charge < -0.3 is 5.32 Å². The van der Waals surface area contributed by atoms with Gasteiger partial charge in [0.05, 0.1) is 34.3 Å². The summed E-state index contributed by atoms with van der Waals surface area (Å²) in [6.45, 7) is 5.63. The summed E-state index contributed by atoms with van der Waals surface area (Å²) in [5.41, 5.74) is 3.35. The molecule has 0 aliphatic carbocycles. The van der Waals surface area contributed by atoms with E-state index in [9.17, 15) is 9.18 Å². The fourth-order valence-electron chi connectivity index (χ4n) is 2.87. The molecule has 3 rings (SSSR count). The molecule has 0 aliphatic rings. The first-order valence-electron chi connectivity index (χ1n) is 8.07. The second-order valence-electron chi connectivity index (χ2n) is 6.12. The Balaban J connectivity index is 1.89. The van der Waals surface area contributed by atoms with Gasteiger partial charge in [-0.2, -0.15) is 10.2 Å². The lowest BCUT2D eigenvalue weighted by Crippen LogP contribution is -2.17. The lowest BCUT2D eigenvalue weighted by Gasteiger charge is -2.08. The van der Waals surface area contributed by atoms with Crippen molar-refractivity contribution >= 4 is 23.2 Å². The summed E-state index contributed by atoms with van der Waals surface area (Å²) in [4.78, 5) is 12.6. The topological polar surface area (TPSA) is 64.7 Å². The highest BCUT2D eigenvalue weighted by Gasteiger charge is 2.22. The Labute approximate surface area is 155 Å². The van der Waals surface area contributed by atoms with Crippen molar-refractivity contribution in [3.8, 4) is 0 Å². The number of halogens is 2. The van der Waals surface area contributed by atoms with Crippen LogP contribution in [0.15, 0.2) is 24.3 Å². The van der Waals surface area contributed by atoms with Gasteiger partial charge in [0.1, 0.15) is 11.5 Å². The molecule has 136 valence electrons. The highest BCUT2D eigenvalue weighted by molar-refractivity contribution is 6.34. The highest BCUT2D eigenvalue weighted by Crippen LogP contribution is 2.24. The van der Waals surface area contributed by atoms with Crippen molar-refractivity contribution in [3.63, 3.8) is 0 Å². The van der Waals surface area contributed by atoms with Crippen LogP contribution in [0.2, 0.25) is 5.02 Å². The standard InChI is InChI=1S/C18H19ClFN5O/c1-10-15(19)17(24(4)22-10)18(26)21-16-11(2)23-25(12(16)3)9-13-7-5-6-8-14(13)20/h5-8H,9H2,1-4H3,(H,21,26). The SMILES string of the molecule is Cc1nn(C)c(C(=O)Nc2c(C)nn(Cc3ccccc3F)c2C)c1Cl. The second kappa shape index (κ2) is 6.92. The lowest BCUT2D eigenvalue weighted by molar-refractivity contribution is 0.101. The molecule has 8 heteroatoms. The Kier molecular flexibility index (Phi) is 4.82. The van der Waals surface area contributed by atoms with Gasteiger partial charge >= 0.3 is 0 Å². The first-order valence-corrected chi connectivity index (χ1v) is 8.45. The monoisotopic (exact) mass is 375 g/mol. The van der Waals surface area contributed by atoms with E-state index in [1.54, 1.807) is 43.8 Å². The van der Waals surface area contributed by atoms with E-state index in [1.165, 1.54) is 10.7 Å². The van der Waals surface area contributed by atoms with Crippen LogP contribution in [0.25, 0.3) is 0 Å². The van der Waals surface area contributed by atoms with Gasteiger partial charge in [-0.05, 0) is 26.8 Å². The number of aromatic nitrogens is 4. The molecule has 2 aromatic heterocycles. The van der Waals surface area contributed by atoms with Crippen LogP contribution in [0, 0.1) is 26.6 Å². The minimum atomic E-state index is -0.366. The van der Waals surface area contributed by atoms with E-state index in [-0.39, 0.29) is 24.0 Å². The number of benzene rings is 1. The Morgan fingerprint density at radius 2 is 1.88 bits per heavy atom. The molecule has 0 saturated carbocycles. The fourth-order valence-corrected chi connectivity index (χ4v) is 3.12. The van der Waals surface area contributed by atoms with Crippen molar-refractivity contribution in [1.82, 2.24) is 19.6 Å². The summed E-state index contributed by atoms with van der Waals surface area (Å²) >= 11 is 6.18. The molecule has 2 heterocycles. The normalized spacial score (nSPS) is 11.0. The Morgan fingerprint density at radius 3 is 2.50 bits per heavy atom. The molecule has 0 atom stereocenters. The number of aryl methyl sites for hydroxylation is 3. The maximum atomic E-state index is 13.9. The molecule has 0 spiro atoms. The van der Waals surface area contributed by atoms with Crippen molar-refractivity contribution in [2.24, 2.45) is 7.05 Å². The van der Waals surface area contributed by atoms with E-state index >= 15 is 0 Å². The van der Waals surface area contributed by atoms with Crippen LogP contribution in [-0.2, 0) is 13.6 Å². The maximum Gasteiger partial charge on any atom is 0.275 e. The van der Waals surface area contributed by atoms with E-state index in [4.69, 9.17) is 11.6 Å². The summed E-state index contributed by atoms with van der Waals surface area (Å²) in [6, 6.07) is 6.55. The average molecular weight is 376 g/mol. The molecule has 6 nitrogen and oxygen atoms in total. The van der Waals surface area contributed by atoms with E-state index in [0.717, 1.165) is 5.69 Å². The van der Waals surface area contributed by atoms with Gasteiger partial charge in [-0.15, -0.1) is 0 Å². The number of rotatable bonds is 4. The van der Waals surface area contributed by atoms with Crippen LogP contribution < -0.4 is 5.32 Å². The summed E-state index contributed by atoms with van der Waals surface area (Å²) in [5, 5.41) is 11.7. The van der Waals surface area contributed by atoms with Gasteiger partial charge in [0, 0.05) is 12.6 Å². The third kappa shape index (κ3) is 3.22. The number of hydrogen-bond acceptors (Lipinski definition) is 3. The Morgan fingerprint density at radius 1 is 1.19 bits per heavy atom. The summed E-state index contributed by atoms with van der Waals surface area (Å²) in [7, 11) is 1.66. The molecule has 0 fully saturated rings. The highest BCUT2D eigenvalue weighted by atomic mass is 35.5. The van der Waals surface area contributed by atoms with Crippen LogP contribution >= 0.6 is 11.6 Å². The molecule has 1 N–H and O–H groups in total. The molecular weight excluding hydrogens is 357 g/mol. The number of nitrogens with zero attached hydrogens (tertiary/aromatic N) is 4. The predicted octanol–water partition coefficient (Wildman–Crippen LogP) is 3.63. The summed E-state index contributed by atoms with van der Waals surface area (Å²) in [6.07, 6.45) is 0. The minimum absolute atomic E-state index is 0.279. The Bertz CT molecular complexity index is 992. The number of nitrogens with one attached hydrogen (secondary N) is 1. The van der Waals surface area contributed by atoms with Crippen molar-refractivity contribution in [2.45, 2.75) is 27.3 Å². The van der Waals surface area contributed by atoms with Crippen LogP contribution in [0.4, 0.5) is 10.1 Å². The van der Waals surface area contributed by atoms with Crippen molar-refractivity contribution < 1.29 is 9.18 Å². The van der Waals surface area contributed by atoms with Crippen LogP contribution in [-0.4, -0.2) is 25.5 Å². The maximum absolute atomic E-state index is 13.9.